The maximum absolute atomic E-state index is 11.3. The van der Waals surface area contributed by atoms with Gasteiger partial charge in [0.25, 0.3) is 0 Å². The van der Waals surface area contributed by atoms with Crippen molar-refractivity contribution in [3.8, 4) is 11.5 Å². The molecule has 2 aromatic rings. The van der Waals surface area contributed by atoms with Crippen LogP contribution >= 0.6 is 0 Å². The standard InChI is InChI=1S/C14H16O7.C11H10O4.C2H4/c1-19-6-8(15)7-20-10-3-2-4-11-13(10)9(16)5-12(21-11)14(17)18;1-3-4-5-9-7(2)8(12)6-10(15-9)11(13)14;1-2/h2-5,8-9,15-16H,6-7H2,1H3,(H,17,18);3-6H,1H2,2H3,(H,13,14);1-2H2/b;5-4-;. The summed E-state index contributed by atoms with van der Waals surface area (Å²) in [6, 6.07) is 5.70. The third kappa shape index (κ3) is 8.89. The van der Waals surface area contributed by atoms with Gasteiger partial charge in [0.1, 0.15) is 36.1 Å². The zero-order valence-electron chi connectivity index (χ0n) is 21.0. The highest BCUT2D eigenvalue weighted by Gasteiger charge is 2.27. The van der Waals surface area contributed by atoms with Crippen molar-refractivity contribution in [1.29, 1.82) is 0 Å². The molecule has 1 aliphatic rings. The summed E-state index contributed by atoms with van der Waals surface area (Å²) in [7, 11) is 1.46. The average Bonchev–Trinajstić information content (AvgIpc) is 2.89. The topological polar surface area (TPSA) is 173 Å². The van der Waals surface area contributed by atoms with Gasteiger partial charge in [-0.05, 0) is 31.2 Å². The maximum atomic E-state index is 11.3. The summed E-state index contributed by atoms with van der Waals surface area (Å²) in [5, 5.41) is 37.2. The SMILES string of the molecule is C=C.C=C/C=C\c1oc(C(=O)O)cc(=O)c1C.COCC(O)COc1cccc2c1C(O)C=C(C(=O)O)O2. The molecule has 2 atom stereocenters. The van der Waals surface area contributed by atoms with Crippen molar-refractivity contribution in [2.45, 2.75) is 19.1 Å². The smallest absolute Gasteiger partial charge is 0.371 e. The molecule has 0 aliphatic carbocycles. The van der Waals surface area contributed by atoms with E-state index in [1.54, 1.807) is 25.1 Å². The Morgan fingerprint density at radius 2 is 1.87 bits per heavy atom. The summed E-state index contributed by atoms with van der Waals surface area (Å²) in [5.74, 6) is -2.47. The Balaban J connectivity index is 0.000000375. The lowest BCUT2D eigenvalue weighted by Crippen LogP contribution is -2.23. The molecule has 1 aliphatic heterocycles. The molecule has 1 aromatic heterocycles. The largest absolute Gasteiger partial charge is 0.490 e. The number of hydrogen-bond acceptors (Lipinski definition) is 9. The van der Waals surface area contributed by atoms with Crippen LogP contribution < -0.4 is 14.9 Å². The minimum absolute atomic E-state index is 0.0213. The summed E-state index contributed by atoms with van der Waals surface area (Å²) in [4.78, 5) is 32.9. The average molecular weight is 531 g/mol. The number of benzene rings is 1. The van der Waals surface area contributed by atoms with E-state index in [2.05, 4.69) is 19.7 Å². The van der Waals surface area contributed by atoms with E-state index in [0.29, 0.717) is 16.9 Å². The molecule has 0 amide bonds. The van der Waals surface area contributed by atoms with Crippen LogP contribution in [0.15, 0.2) is 77.2 Å². The summed E-state index contributed by atoms with van der Waals surface area (Å²) in [6.45, 7) is 11.1. The lowest BCUT2D eigenvalue weighted by molar-refractivity contribution is -0.135. The van der Waals surface area contributed by atoms with Crippen LogP contribution in [-0.2, 0) is 9.53 Å². The molecule has 0 saturated carbocycles. The Kier molecular flexibility index (Phi) is 13.0. The first kappa shape index (κ1) is 31.6. The molecule has 1 aromatic carbocycles. The van der Waals surface area contributed by atoms with Crippen LogP contribution in [0, 0.1) is 6.92 Å². The summed E-state index contributed by atoms with van der Waals surface area (Å²) in [6.07, 6.45) is 3.69. The van der Waals surface area contributed by atoms with E-state index < -0.39 is 24.1 Å². The van der Waals surface area contributed by atoms with E-state index in [0.717, 1.165) is 12.1 Å². The molecule has 204 valence electrons. The van der Waals surface area contributed by atoms with E-state index in [9.17, 15) is 24.6 Å². The fourth-order valence-electron chi connectivity index (χ4n) is 2.94. The number of aliphatic hydroxyl groups is 2. The number of hydrogen-bond donors (Lipinski definition) is 4. The van der Waals surface area contributed by atoms with Crippen LogP contribution in [0.1, 0.15) is 33.5 Å². The minimum Gasteiger partial charge on any atom is -0.490 e. The Labute approximate surface area is 218 Å². The van der Waals surface area contributed by atoms with Gasteiger partial charge >= 0.3 is 11.9 Å². The Morgan fingerprint density at radius 1 is 1.18 bits per heavy atom. The molecule has 2 heterocycles. The predicted molar refractivity (Wildman–Crippen MR) is 138 cm³/mol. The maximum Gasteiger partial charge on any atom is 0.371 e. The third-order valence-corrected chi connectivity index (χ3v) is 4.67. The van der Waals surface area contributed by atoms with Crippen molar-refractivity contribution in [1.82, 2.24) is 0 Å². The van der Waals surface area contributed by atoms with E-state index in [-0.39, 0.29) is 41.7 Å². The first-order chi connectivity index (χ1) is 18.1. The fourth-order valence-corrected chi connectivity index (χ4v) is 2.94. The summed E-state index contributed by atoms with van der Waals surface area (Å²) >= 11 is 0. The highest BCUT2D eigenvalue weighted by atomic mass is 16.5. The molecule has 0 radical (unpaired) electrons. The lowest BCUT2D eigenvalue weighted by atomic mass is 10.0. The fraction of sp³-hybridized carbons (Fsp3) is 0.222. The van der Waals surface area contributed by atoms with E-state index >= 15 is 0 Å². The number of rotatable bonds is 9. The second kappa shape index (κ2) is 15.6. The van der Waals surface area contributed by atoms with Gasteiger partial charge in [-0.25, -0.2) is 9.59 Å². The molecule has 3 rings (SSSR count). The molecule has 38 heavy (non-hydrogen) atoms. The van der Waals surface area contributed by atoms with Gasteiger partial charge in [0, 0.05) is 18.7 Å². The highest BCUT2D eigenvalue weighted by Crippen LogP contribution is 2.39. The summed E-state index contributed by atoms with van der Waals surface area (Å²) in [5.41, 5.74) is 0.340. The van der Waals surface area contributed by atoms with Crippen LogP contribution in [0.4, 0.5) is 0 Å². The van der Waals surface area contributed by atoms with Crippen LogP contribution in [0.25, 0.3) is 6.08 Å². The Hall–Kier alpha value is -4.45. The van der Waals surface area contributed by atoms with Crippen LogP contribution in [0.3, 0.4) is 0 Å². The van der Waals surface area contributed by atoms with Crippen molar-refractivity contribution < 1.29 is 48.6 Å². The zero-order chi connectivity index (χ0) is 28.8. The van der Waals surface area contributed by atoms with Gasteiger partial charge in [0.15, 0.2) is 5.43 Å². The Morgan fingerprint density at radius 3 is 2.45 bits per heavy atom. The molecular weight excluding hydrogens is 500 g/mol. The van der Waals surface area contributed by atoms with E-state index in [1.807, 2.05) is 0 Å². The first-order valence-corrected chi connectivity index (χ1v) is 11.0. The molecular formula is C27H30O11. The number of aliphatic hydroxyl groups excluding tert-OH is 2. The van der Waals surface area contributed by atoms with Crippen molar-refractivity contribution in [2.24, 2.45) is 0 Å². The zero-order valence-corrected chi connectivity index (χ0v) is 21.0. The normalized spacial score (nSPS) is 14.3. The van der Waals surface area contributed by atoms with Gasteiger partial charge in [-0.15, -0.1) is 13.2 Å². The number of allylic oxidation sites excluding steroid dienone is 2. The molecule has 0 saturated heterocycles. The van der Waals surface area contributed by atoms with Crippen molar-refractivity contribution in [3.05, 3.63) is 101 Å². The molecule has 0 fully saturated rings. The number of carbonyl (C=O) groups is 2. The Bertz CT molecular complexity index is 1240. The number of aliphatic carboxylic acids is 1. The highest BCUT2D eigenvalue weighted by molar-refractivity contribution is 5.86. The quantitative estimate of drug-likeness (QED) is 0.277. The lowest BCUT2D eigenvalue weighted by Gasteiger charge is -2.23. The molecule has 4 N–H and O–H groups in total. The van der Waals surface area contributed by atoms with Crippen LogP contribution in [0.5, 0.6) is 11.5 Å². The van der Waals surface area contributed by atoms with Gasteiger partial charge in [-0.3, -0.25) is 4.79 Å². The number of carboxylic acid groups (broad SMARTS) is 2. The van der Waals surface area contributed by atoms with E-state index in [1.165, 1.54) is 25.3 Å². The van der Waals surface area contributed by atoms with Crippen LogP contribution in [-0.4, -0.2) is 58.8 Å². The minimum atomic E-state index is -1.26. The molecule has 11 heteroatoms. The van der Waals surface area contributed by atoms with E-state index in [4.69, 9.17) is 28.8 Å². The number of methoxy groups -OCH3 is 1. The monoisotopic (exact) mass is 530 g/mol. The number of ether oxygens (including phenoxy) is 3. The molecule has 11 nitrogen and oxygen atoms in total. The molecule has 0 bridgehead atoms. The van der Waals surface area contributed by atoms with Crippen molar-refractivity contribution >= 4 is 18.0 Å². The number of aromatic carboxylic acids is 1. The number of fused-ring (bicyclic) bond motifs is 1. The molecule has 0 spiro atoms. The third-order valence-electron chi connectivity index (χ3n) is 4.67. The summed E-state index contributed by atoms with van der Waals surface area (Å²) < 4.78 is 20.4. The van der Waals surface area contributed by atoms with Gasteiger partial charge < -0.3 is 39.1 Å². The predicted octanol–water partition coefficient (Wildman–Crippen LogP) is 3.11. The second-order valence-corrected chi connectivity index (χ2v) is 7.34. The first-order valence-electron chi connectivity index (χ1n) is 11.0. The molecule has 2 unspecified atom stereocenters. The van der Waals surface area contributed by atoms with Gasteiger partial charge in [0.05, 0.1) is 12.2 Å². The number of carboxylic acids is 2. The van der Waals surface area contributed by atoms with Crippen molar-refractivity contribution in [3.63, 3.8) is 0 Å². The van der Waals surface area contributed by atoms with Crippen molar-refractivity contribution in [2.75, 3.05) is 20.3 Å². The van der Waals surface area contributed by atoms with Gasteiger partial charge in [-0.2, -0.15) is 0 Å². The second-order valence-electron chi connectivity index (χ2n) is 7.34. The van der Waals surface area contributed by atoms with Gasteiger partial charge in [0.2, 0.25) is 11.5 Å². The van der Waals surface area contributed by atoms with Crippen LogP contribution in [0.2, 0.25) is 0 Å². The van der Waals surface area contributed by atoms with Gasteiger partial charge in [-0.1, -0.05) is 24.8 Å².